The lowest BCUT2D eigenvalue weighted by Crippen LogP contribution is -2.61. The van der Waals surface area contributed by atoms with Crippen LogP contribution in [0.3, 0.4) is 0 Å². The monoisotopic (exact) mass is 966 g/mol. The molecule has 2 N–H and O–H groups in total. The Kier molecular flexibility index (Phi) is 20.8. The smallest absolute Gasteiger partial charge is 0.329 e. The molecule has 1 unspecified atom stereocenters. The highest BCUT2D eigenvalue weighted by Gasteiger charge is 2.53. The quantitative estimate of drug-likeness (QED) is 0.181. The molecule has 2 saturated heterocycles. The number of Topliss-reactive ketones (excluding diaryl/α,β-unsaturated/α-hetero) is 3. The zero-order chi connectivity index (χ0) is 50.6. The highest BCUT2D eigenvalue weighted by Crippen LogP contribution is 2.39. The Bertz CT molecular complexity index is 2020. The van der Waals surface area contributed by atoms with Gasteiger partial charge in [0.2, 0.25) is 5.79 Å². The van der Waals surface area contributed by atoms with Crippen LogP contribution in [0.2, 0.25) is 0 Å². The summed E-state index contributed by atoms with van der Waals surface area (Å²) in [6, 6.07) is -1.19. The molecular formula is C52H79N5O12. The fourth-order valence-corrected chi connectivity index (χ4v) is 10.7. The third kappa shape index (κ3) is 14.2. The van der Waals surface area contributed by atoms with E-state index in [1.165, 1.54) is 12.0 Å². The lowest BCUT2D eigenvalue weighted by atomic mass is 9.77. The number of amides is 1. The number of carbonyl (C=O) groups is 5. The fraction of sp³-hybridized carbons (Fsp3) is 0.731. The molecule has 1 saturated carbocycles. The first-order valence-electron chi connectivity index (χ1n) is 25.0. The van der Waals surface area contributed by atoms with Crippen LogP contribution in [0.25, 0.3) is 0 Å². The molecule has 3 fully saturated rings. The van der Waals surface area contributed by atoms with Crippen LogP contribution in [0.5, 0.6) is 0 Å². The van der Waals surface area contributed by atoms with E-state index in [4.69, 9.17) is 23.7 Å². The summed E-state index contributed by atoms with van der Waals surface area (Å²) in [7, 11) is 4.62. The van der Waals surface area contributed by atoms with Gasteiger partial charge in [0.05, 0.1) is 24.4 Å². The highest BCUT2D eigenvalue weighted by atomic mass is 16.6. The molecule has 17 heteroatoms. The number of ether oxygens (including phenoxy) is 5. The number of hydrogen-bond donors (Lipinski definition) is 2. The number of fused-ring (bicyclic) bond motifs is 3. The van der Waals surface area contributed by atoms with Gasteiger partial charge in [0.25, 0.3) is 11.7 Å². The molecule has 1 aromatic rings. The molecular weight excluding hydrogens is 887 g/mol. The van der Waals surface area contributed by atoms with Gasteiger partial charge in [-0.2, -0.15) is 0 Å². The van der Waals surface area contributed by atoms with Gasteiger partial charge in [-0.25, -0.2) is 9.48 Å². The van der Waals surface area contributed by atoms with Crippen LogP contribution in [0.4, 0.5) is 0 Å². The third-order valence-corrected chi connectivity index (χ3v) is 15.2. The van der Waals surface area contributed by atoms with Gasteiger partial charge in [-0.05, 0) is 117 Å². The number of rotatable bonds is 7. The van der Waals surface area contributed by atoms with Gasteiger partial charge in [0.1, 0.15) is 36.5 Å². The number of aliphatic hydroxyl groups is 2. The van der Waals surface area contributed by atoms with Crippen LogP contribution >= 0.6 is 0 Å². The van der Waals surface area contributed by atoms with Crippen molar-refractivity contribution in [2.45, 2.75) is 180 Å². The number of carbonyl (C=O) groups excluding carboxylic acids is 5. The van der Waals surface area contributed by atoms with E-state index < -0.39 is 77.8 Å². The van der Waals surface area contributed by atoms with E-state index >= 15 is 0 Å². The summed E-state index contributed by atoms with van der Waals surface area (Å²) >= 11 is 0. The number of aliphatic hydroxyl groups excluding tert-OH is 1. The largest absolute Gasteiger partial charge is 0.460 e. The molecule has 4 heterocycles. The lowest BCUT2D eigenvalue weighted by molar-refractivity contribution is -0.265. The van der Waals surface area contributed by atoms with E-state index in [-0.39, 0.29) is 60.9 Å². The minimum Gasteiger partial charge on any atom is -0.460 e. The predicted octanol–water partition coefficient (Wildman–Crippen LogP) is 6.05. The third-order valence-electron chi connectivity index (χ3n) is 15.2. The molecule has 17 nitrogen and oxygen atoms in total. The van der Waals surface area contributed by atoms with E-state index in [0.717, 1.165) is 18.4 Å². The number of hydrogen-bond acceptors (Lipinski definition) is 15. The SMILES string of the molecule is CO[C@H]1C[C@@H]2CC[C@@H](C)C(O)(O2)C(=O)C(=O)N2CCCC[C@H]2C(=O)O[C@H]([C@H](C)C[C@@H]2CC[C@H](n3cnnn3)[C@H](OC)C2)CC(=O)[C@H](C)/C=C(\C)[C@@H](O)[C@@H](OC)C(=O)[C@@H](C)C[C@H](C)/C=C/C=C/C=C/1C. The molecule has 5 rings (SSSR count). The number of cyclic esters (lactones) is 1. The molecule has 2 bridgehead atoms. The highest BCUT2D eigenvalue weighted by molar-refractivity contribution is 6.39. The summed E-state index contributed by atoms with van der Waals surface area (Å²) in [6.07, 6.45) is 13.9. The van der Waals surface area contributed by atoms with E-state index in [1.54, 1.807) is 52.1 Å². The number of ketones is 3. The molecule has 0 radical (unpaired) electrons. The van der Waals surface area contributed by atoms with Crippen LogP contribution < -0.4 is 0 Å². The maximum atomic E-state index is 14.5. The minimum atomic E-state index is -2.43. The number of aromatic nitrogens is 4. The molecule has 0 spiro atoms. The molecule has 384 valence electrons. The standard InChI is InChI=1S/C52H79N5O12/c1-31-16-12-11-13-17-32(2)43(65-8)28-39-21-19-37(7)52(64,69-39)49(61)50(62)56-23-15-14-18-41(56)51(63)68-44(34(4)26-38-20-22-40(45(27-38)66-9)57-30-53-54-55-57)29-42(58)33(3)25-36(6)47(60)48(67-10)46(59)35(5)24-31/h11-13,16-17,25,30-31,33-35,37-41,43-45,47-48,60,64H,14-15,18-24,26-29H2,1-10H3/b13-11+,16-12+,32-17+,36-25+/t31-,33-,34-,35+,37-,38+,39+,40+,41+,43+,44+,45-,47-,48+,52?/m1/s1. The summed E-state index contributed by atoms with van der Waals surface area (Å²) < 4.78 is 31.6. The number of piperidine rings is 1. The molecule has 1 amide bonds. The van der Waals surface area contributed by atoms with Crippen LogP contribution in [-0.2, 0) is 47.7 Å². The fourth-order valence-electron chi connectivity index (χ4n) is 10.7. The lowest BCUT2D eigenvalue weighted by Gasteiger charge is -2.42. The number of esters is 1. The van der Waals surface area contributed by atoms with Crippen molar-refractivity contribution in [1.82, 2.24) is 25.1 Å². The van der Waals surface area contributed by atoms with Crippen molar-refractivity contribution in [2.75, 3.05) is 27.9 Å². The molecule has 0 aromatic carbocycles. The second-order valence-electron chi connectivity index (χ2n) is 20.4. The molecule has 15 atom stereocenters. The van der Waals surface area contributed by atoms with Crippen LogP contribution in [0.1, 0.15) is 132 Å². The Morgan fingerprint density at radius 1 is 0.884 bits per heavy atom. The molecule has 1 aliphatic carbocycles. The Hall–Kier alpha value is -4.26. The number of tetrazole rings is 1. The second-order valence-corrected chi connectivity index (χ2v) is 20.4. The van der Waals surface area contributed by atoms with Gasteiger partial charge >= 0.3 is 5.97 Å². The van der Waals surface area contributed by atoms with Crippen molar-refractivity contribution in [1.29, 1.82) is 0 Å². The summed E-state index contributed by atoms with van der Waals surface area (Å²) in [5, 5.41) is 35.2. The van der Waals surface area contributed by atoms with Gasteiger partial charge in [0, 0.05) is 58.5 Å². The van der Waals surface area contributed by atoms with Gasteiger partial charge in [-0.15, -0.1) is 5.10 Å². The van der Waals surface area contributed by atoms with Crippen molar-refractivity contribution in [2.24, 2.45) is 35.5 Å². The predicted molar refractivity (Wildman–Crippen MR) is 256 cm³/mol. The van der Waals surface area contributed by atoms with Gasteiger partial charge in [0.15, 0.2) is 5.78 Å². The van der Waals surface area contributed by atoms with E-state index in [0.29, 0.717) is 56.9 Å². The maximum Gasteiger partial charge on any atom is 0.329 e. The summed E-state index contributed by atoms with van der Waals surface area (Å²) in [5.74, 6) is -7.92. The Morgan fingerprint density at radius 2 is 1.64 bits per heavy atom. The summed E-state index contributed by atoms with van der Waals surface area (Å²) in [4.78, 5) is 72.3. The molecule has 4 aliphatic rings. The van der Waals surface area contributed by atoms with E-state index in [2.05, 4.69) is 15.5 Å². The van der Waals surface area contributed by atoms with E-state index in [1.807, 2.05) is 58.1 Å². The topological polar surface area (TPSA) is 219 Å². The van der Waals surface area contributed by atoms with Gasteiger partial charge in [-0.1, -0.05) is 71.1 Å². The van der Waals surface area contributed by atoms with Crippen LogP contribution in [0.15, 0.2) is 53.9 Å². The molecule has 1 aromatic heterocycles. The minimum absolute atomic E-state index is 0.0170. The zero-order valence-electron chi connectivity index (χ0n) is 42.5. The Morgan fingerprint density at radius 3 is 2.32 bits per heavy atom. The first-order valence-corrected chi connectivity index (χ1v) is 25.0. The normalized spacial score (nSPS) is 38.8. The average molecular weight is 966 g/mol. The van der Waals surface area contributed by atoms with Crippen LogP contribution in [-0.4, -0.2) is 141 Å². The van der Waals surface area contributed by atoms with Gasteiger partial charge in [-0.3, -0.25) is 19.2 Å². The zero-order valence-corrected chi connectivity index (χ0v) is 42.5. The number of nitrogens with zero attached hydrogens (tertiary/aromatic N) is 5. The van der Waals surface area contributed by atoms with Crippen molar-refractivity contribution in [3.8, 4) is 0 Å². The van der Waals surface area contributed by atoms with Gasteiger partial charge < -0.3 is 38.8 Å². The van der Waals surface area contributed by atoms with Crippen molar-refractivity contribution in [3.05, 3.63) is 53.9 Å². The number of allylic oxidation sites excluding steroid dienone is 6. The van der Waals surface area contributed by atoms with Crippen LogP contribution in [0, 0.1) is 35.5 Å². The second kappa shape index (κ2) is 25.7. The Labute approximate surface area is 408 Å². The van der Waals surface area contributed by atoms with Crippen molar-refractivity contribution >= 4 is 29.2 Å². The molecule has 69 heavy (non-hydrogen) atoms. The van der Waals surface area contributed by atoms with Crippen molar-refractivity contribution in [3.63, 3.8) is 0 Å². The average Bonchev–Trinajstić information content (AvgIpc) is 3.88. The summed E-state index contributed by atoms with van der Waals surface area (Å²) in [6.45, 7) is 12.8. The summed E-state index contributed by atoms with van der Waals surface area (Å²) in [5.41, 5.74) is 1.27. The Balaban J connectivity index is 1.46. The molecule has 3 aliphatic heterocycles. The number of methoxy groups -OCH3 is 3. The first-order chi connectivity index (χ1) is 32.8. The first kappa shape index (κ1) is 55.7. The van der Waals surface area contributed by atoms with Crippen molar-refractivity contribution < 1.29 is 57.9 Å². The maximum absolute atomic E-state index is 14.5. The van der Waals surface area contributed by atoms with E-state index in [9.17, 15) is 34.2 Å².